The van der Waals surface area contributed by atoms with Crippen molar-refractivity contribution < 1.29 is 0 Å². The summed E-state index contributed by atoms with van der Waals surface area (Å²) in [4.78, 5) is 11.5. The van der Waals surface area contributed by atoms with Crippen molar-refractivity contribution in [2.24, 2.45) is 7.05 Å². The van der Waals surface area contributed by atoms with Gasteiger partial charge in [-0.2, -0.15) is 16.9 Å². The summed E-state index contributed by atoms with van der Waals surface area (Å²) in [7, 11) is 1.88. The number of rotatable bonds is 2. The molecule has 20 heavy (non-hydrogen) atoms. The first-order valence-corrected chi connectivity index (χ1v) is 7.91. The molecule has 0 radical (unpaired) electrons. The lowest BCUT2D eigenvalue weighted by Gasteiger charge is -2.36. The second-order valence-corrected chi connectivity index (χ2v) is 6.80. The largest absolute Gasteiger partial charge is 0.383 e. The summed E-state index contributed by atoms with van der Waals surface area (Å²) in [6.45, 7) is 6.37. The first-order valence-electron chi connectivity index (χ1n) is 6.86. The van der Waals surface area contributed by atoms with E-state index >= 15 is 0 Å². The van der Waals surface area contributed by atoms with Crippen molar-refractivity contribution in [3.8, 4) is 0 Å². The first-order chi connectivity index (χ1) is 9.56. The van der Waals surface area contributed by atoms with Crippen LogP contribution in [0.15, 0.2) is 6.20 Å². The molecule has 0 aliphatic carbocycles. The molecule has 7 heteroatoms. The lowest BCUT2D eigenvalue weighted by atomic mass is 10.2. The van der Waals surface area contributed by atoms with Crippen molar-refractivity contribution in [2.45, 2.75) is 31.7 Å². The average Bonchev–Trinajstić information content (AvgIpc) is 2.78. The molecule has 1 saturated heterocycles. The molecule has 0 amide bonds. The van der Waals surface area contributed by atoms with E-state index in [4.69, 9.17) is 5.73 Å². The van der Waals surface area contributed by atoms with Gasteiger partial charge in [-0.05, 0) is 6.92 Å². The highest BCUT2D eigenvalue weighted by atomic mass is 32.2. The number of aromatic nitrogens is 4. The van der Waals surface area contributed by atoms with Crippen LogP contribution < -0.4 is 5.73 Å². The zero-order chi connectivity index (χ0) is 14.3. The number of thioether (sulfide) groups is 1. The Bertz CT molecular complexity index is 625. The topological polar surface area (TPSA) is 72.9 Å². The predicted molar refractivity (Wildman–Crippen MR) is 82.5 cm³/mol. The molecule has 0 saturated carbocycles. The highest BCUT2D eigenvalue weighted by molar-refractivity contribution is 8.00. The van der Waals surface area contributed by atoms with E-state index in [9.17, 15) is 0 Å². The fourth-order valence-electron chi connectivity index (χ4n) is 2.56. The molecule has 2 unspecified atom stereocenters. The van der Waals surface area contributed by atoms with Crippen molar-refractivity contribution in [1.29, 1.82) is 0 Å². The van der Waals surface area contributed by atoms with Gasteiger partial charge in [0.2, 0.25) is 0 Å². The van der Waals surface area contributed by atoms with E-state index in [-0.39, 0.29) is 0 Å². The molecule has 1 fully saturated rings. The number of hydrogen-bond acceptors (Lipinski definition) is 6. The summed E-state index contributed by atoms with van der Waals surface area (Å²) in [5, 5.41) is 5.65. The van der Waals surface area contributed by atoms with Crippen molar-refractivity contribution in [3.05, 3.63) is 12.0 Å². The Morgan fingerprint density at radius 1 is 1.40 bits per heavy atom. The number of aryl methyl sites for hydroxylation is 1. The van der Waals surface area contributed by atoms with Gasteiger partial charge in [0.1, 0.15) is 11.6 Å². The summed E-state index contributed by atoms with van der Waals surface area (Å²) >= 11 is 2.03. The molecule has 0 aromatic carbocycles. The zero-order valence-corrected chi connectivity index (χ0v) is 12.9. The second kappa shape index (κ2) is 5.21. The summed E-state index contributed by atoms with van der Waals surface area (Å²) < 4.78 is 1.75. The SMILES string of the molecule is CC1SCCN(Cc2nc(N)c3cnn(C)c3n2)C1C. The van der Waals surface area contributed by atoms with Crippen LogP contribution in [0.4, 0.5) is 5.82 Å². The van der Waals surface area contributed by atoms with E-state index in [1.54, 1.807) is 10.9 Å². The summed E-state index contributed by atoms with van der Waals surface area (Å²) in [6, 6.07) is 0.529. The number of fused-ring (bicyclic) bond motifs is 1. The van der Waals surface area contributed by atoms with Crippen LogP contribution in [-0.2, 0) is 13.6 Å². The molecule has 1 aliphatic heterocycles. The molecule has 1 aliphatic rings. The molecule has 6 nitrogen and oxygen atoms in total. The van der Waals surface area contributed by atoms with Crippen LogP contribution in [0.3, 0.4) is 0 Å². The Morgan fingerprint density at radius 2 is 2.20 bits per heavy atom. The van der Waals surface area contributed by atoms with Gasteiger partial charge in [-0.3, -0.25) is 9.58 Å². The number of nitrogens with two attached hydrogens (primary N) is 1. The zero-order valence-electron chi connectivity index (χ0n) is 12.1. The monoisotopic (exact) mass is 292 g/mol. The predicted octanol–water partition coefficient (Wildman–Crippen LogP) is 1.27. The van der Waals surface area contributed by atoms with Gasteiger partial charge < -0.3 is 5.73 Å². The third kappa shape index (κ3) is 2.35. The minimum Gasteiger partial charge on any atom is -0.383 e. The highest BCUT2D eigenvalue weighted by Gasteiger charge is 2.26. The third-order valence-electron chi connectivity index (χ3n) is 4.03. The Labute approximate surface area is 122 Å². The molecule has 0 bridgehead atoms. The molecule has 3 rings (SSSR count). The van der Waals surface area contributed by atoms with E-state index in [1.165, 1.54) is 0 Å². The van der Waals surface area contributed by atoms with Crippen LogP contribution in [0, 0.1) is 0 Å². The van der Waals surface area contributed by atoms with Crippen LogP contribution >= 0.6 is 11.8 Å². The Morgan fingerprint density at radius 3 is 3.00 bits per heavy atom. The molecule has 2 N–H and O–H groups in total. The Kier molecular flexibility index (Phi) is 3.55. The maximum atomic E-state index is 6.01. The van der Waals surface area contributed by atoms with E-state index in [0.717, 1.165) is 35.7 Å². The van der Waals surface area contributed by atoms with Crippen LogP contribution in [0.5, 0.6) is 0 Å². The number of nitrogen functional groups attached to an aromatic ring is 1. The van der Waals surface area contributed by atoms with Crippen LogP contribution in [-0.4, -0.2) is 48.2 Å². The standard InChI is InChI=1S/C13H20N6S/c1-8-9(2)20-5-4-19(8)7-11-16-12(14)10-6-15-18(3)13(10)17-11/h6,8-9H,4-5,7H2,1-3H3,(H2,14,16,17). The lowest BCUT2D eigenvalue weighted by Crippen LogP contribution is -2.44. The van der Waals surface area contributed by atoms with E-state index < -0.39 is 0 Å². The maximum Gasteiger partial charge on any atom is 0.163 e. The fourth-order valence-corrected chi connectivity index (χ4v) is 3.72. The van der Waals surface area contributed by atoms with Crippen LogP contribution in [0.2, 0.25) is 0 Å². The molecule has 108 valence electrons. The van der Waals surface area contributed by atoms with Crippen LogP contribution in [0.1, 0.15) is 19.7 Å². The average molecular weight is 292 g/mol. The first kappa shape index (κ1) is 13.6. The van der Waals surface area contributed by atoms with E-state index in [0.29, 0.717) is 17.1 Å². The van der Waals surface area contributed by atoms with Gasteiger partial charge in [0.05, 0.1) is 18.1 Å². The van der Waals surface area contributed by atoms with Crippen molar-refractivity contribution in [2.75, 3.05) is 18.0 Å². The smallest absolute Gasteiger partial charge is 0.163 e. The molecule has 2 atom stereocenters. The number of anilines is 1. The number of nitrogens with zero attached hydrogens (tertiary/aromatic N) is 5. The Hall–Kier alpha value is -1.34. The maximum absolute atomic E-state index is 6.01. The number of hydrogen-bond donors (Lipinski definition) is 1. The highest BCUT2D eigenvalue weighted by Crippen LogP contribution is 2.25. The summed E-state index contributed by atoms with van der Waals surface area (Å²) in [5.74, 6) is 2.46. The fraction of sp³-hybridized carbons (Fsp3) is 0.615. The normalized spacial score (nSPS) is 24.4. The Balaban J connectivity index is 1.89. The summed E-state index contributed by atoms with van der Waals surface area (Å²) in [5.41, 5.74) is 6.82. The molecular weight excluding hydrogens is 272 g/mol. The minimum absolute atomic E-state index is 0.519. The van der Waals surface area contributed by atoms with Crippen LogP contribution in [0.25, 0.3) is 11.0 Å². The summed E-state index contributed by atoms with van der Waals surface area (Å²) in [6.07, 6.45) is 1.72. The van der Waals surface area contributed by atoms with Crippen molar-refractivity contribution in [1.82, 2.24) is 24.6 Å². The van der Waals surface area contributed by atoms with E-state index in [2.05, 4.69) is 33.8 Å². The van der Waals surface area contributed by atoms with Gasteiger partial charge in [-0.25, -0.2) is 9.97 Å². The molecule has 2 aromatic heterocycles. The van der Waals surface area contributed by atoms with Gasteiger partial charge in [0, 0.05) is 30.6 Å². The third-order valence-corrected chi connectivity index (χ3v) is 5.36. The van der Waals surface area contributed by atoms with Gasteiger partial charge in [0.15, 0.2) is 5.65 Å². The molecule has 3 heterocycles. The quantitative estimate of drug-likeness (QED) is 0.898. The second-order valence-electron chi connectivity index (χ2n) is 5.32. The van der Waals surface area contributed by atoms with Gasteiger partial charge in [-0.1, -0.05) is 6.92 Å². The van der Waals surface area contributed by atoms with Crippen molar-refractivity contribution in [3.63, 3.8) is 0 Å². The van der Waals surface area contributed by atoms with Gasteiger partial charge in [0.25, 0.3) is 0 Å². The van der Waals surface area contributed by atoms with Gasteiger partial charge in [-0.15, -0.1) is 0 Å². The van der Waals surface area contributed by atoms with Gasteiger partial charge >= 0.3 is 0 Å². The van der Waals surface area contributed by atoms with E-state index in [1.807, 2.05) is 18.8 Å². The lowest BCUT2D eigenvalue weighted by molar-refractivity contribution is 0.199. The molecular formula is C13H20N6S. The molecule has 2 aromatic rings. The molecule has 0 spiro atoms. The minimum atomic E-state index is 0.519. The van der Waals surface area contributed by atoms with Crippen molar-refractivity contribution >= 4 is 28.6 Å².